The smallest absolute Gasteiger partial charge is 0.221 e. The molecule has 2 aromatic rings. The van der Waals surface area contributed by atoms with Gasteiger partial charge in [-0.15, -0.1) is 11.6 Å². The topological polar surface area (TPSA) is 22.1 Å². The van der Waals surface area contributed by atoms with Crippen LogP contribution in [0.5, 0.6) is 5.88 Å². The number of aromatic nitrogens is 1. The molecule has 0 aliphatic carbocycles. The highest BCUT2D eigenvalue weighted by molar-refractivity contribution is 6.17. The van der Waals surface area contributed by atoms with Gasteiger partial charge < -0.3 is 4.74 Å². The summed E-state index contributed by atoms with van der Waals surface area (Å²) in [5, 5.41) is 2.20. The van der Waals surface area contributed by atoms with Crippen LogP contribution in [0.1, 0.15) is 6.42 Å². The fourth-order valence-corrected chi connectivity index (χ4v) is 1.54. The number of pyridine rings is 1. The van der Waals surface area contributed by atoms with Crippen LogP contribution < -0.4 is 4.74 Å². The quantitative estimate of drug-likeness (QED) is 0.584. The van der Waals surface area contributed by atoms with Crippen LogP contribution in [0.2, 0.25) is 0 Å². The number of hydrogen-bond acceptors (Lipinski definition) is 2. The summed E-state index contributed by atoms with van der Waals surface area (Å²) in [4.78, 5) is 4.21. The van der Waals surface area contributed by atoms with Crippen molar-refractivity contribution < 1.29 is 4.74 Å². The van der Waals surface area contributed by atoms with E-state index in [0.29, 0.717) is 18.4 Å². The van der Waals surface area contributed by atoms with Gasteiger partial charge in [-0.1, -0.05) is 18.2 Å². The molecule has 3 heteroatoms. The van der Waals surface area contributed by atoms with E-state index in [-0.39, 0.29) is 0 Å². The van der Waals surface area contributed by atoms with Gasteiger partial charge in [0, 0.05) is 17.5 Å². The fourth-order valence-electron chi connectivity index (χ4n) is 1.43. The van der Waals surface area contributed by atoms with Crippen molar-refractivity contribution in [2.75, 3.05) is 12.5 Å². The van der Waals surface area contributed by atoms with E-state index in [4.69, 9.17) is 16.3 Å². The Morgan fingerprint density at radius 2 is 2.07 bits per heavy atom. The maximum Gasteiger partial charge on any atom is 0.221 e. The summed E-state index contributed by atoms with van der Waals surface area (Å²) in [5.41, 5.74) is 0. The van der Waals surface area contributed by atoms with E-state index in [1.807, 2.05) is 30.3 Å². The molecule has 0 aliphatic rings. The van der Waals surface area contributed by atoms with Gasteiger partial charge in [0.2, 0.25) is 5.88 Å². The van der Waals surface area contributed by atoms with Gasteiger partial charge in [-0.2, -0.15) is 0 Å². The Balaban J connectivity index is 2.26. The Kier molecular flexibility index (Phi) is 3.41. The number of benzene rings is 1. The van der Waals surface area contributed by atoms with Gasteiger partial charge in [0.05, 0.1) is 6.61 Å². The van der Waals surface area contributed by atoms with E-state index in [1.54, 1.807) is 6.20 Å². The van der Waals surface area contributed by atoms with Gasteiger partial charge in [0.1, 0.15) is 0 Å². The maximum atomic E-state index is 5.59. The van der Waals surface area contributed by atoms with Crippen molar-refractivity contribution >= 4 is 22.4 Å². The minimum Gasteiger partial charge on any atom is -0.477 e. The molecule has 0 N–H and O–H groups in total. The first kappa shape index (κ1) is 10.2. The number of alkyl halides is 1. The van der Waals surface area contributed by atoms with Crippen LogP contribution in [0.15, 0.2) is 36.5 Å². The first-order valence-electron chi connectivity index (χ1n) is 4.94. The lowest BCUT2D eigenvalue weighted by Gasteiger charge is -2.06. The summed E-state index contributed by atoms with van der Waals surface area (Å²) >= 11 is 5.59. The number of hydrogen-bond donors (Lipinski definition) is 0. The zero-order valence-electron chi connectivity index (χ0n) is 8.32. The van der Waals surface area contributed by atoms with Crippen molar-refractivity contribution in [2.24, 2.45) is 0 Å². The van der Waals surface area contributed by atoms with E-state index >= 15 is 0 Å². The minimum atomic E-state index is 0.616. The molecule has 0 atom stereocenters. The van der Waals surface area contributed by atoms with E-state index in [1.165, 1.54) is 0 Å². The van der Waals surface area contributed by atoms with Crippen LogP contribution in [-0.4, -0.2) is 17.5 Å². The van der Waals surface area contributed by atoms with Gasteiger partial charge in [-0.05, 0) is 23.9 Å². The van der Waals surface area contributed by atoms with Crippen LogP contribution in [0.4, 0.5) is 0 Å². The molecule has 0 amide bonds. The zero-order chi connectivity index (χ0) is 10.5. The molecule has 0 spiro atoms. The Hall–Kier alpha value is -1.28. The van der Waals surface area contributed by atoms with Crippen LogP contribution in [0, 0.1) is 0 Å². The number of ether oxygens (including phenoxy) is 1. The molecule has 0 saturated heterocycles. The average Bonchev–Trinajstić information content (AvgIpc) is 2.30. The molecule has 0 radical (unpaired) electrons. The van der Waals surface area contributed by atoms with Crippen molar-refractivity contribution in [1.82, 2.24) is 4.98 Å². The highest BCUT2D eigenvalue weighted by Crippen LogP contribution is 2.22. The monoisotopic (exact) mass is 221 g/mol. The lowest BCUT2D eigenvalue weighted by Crippen LogP contribution is -1.99. The molecular weight excluding hydrogens is 210 g/mol. The normalized spacial score (nSPS) is 10.5. The van der Waals surface area contributed by atoms with E-state index in [9.17, 15) is 0 Å². The molecule has 2 rings (SSSR count). The fraction of sp³-hybridized carbons (Fsp3) is 0.250. The lowest BCUT2D eigenvalue weighted by molar-refractivity contribution is 0.310. The molecule has 0 unspecified atom stereocenters. The highest BCUT2D eigenvalue weighted by Gasteiger charge is 2.01. The van der Waals surface area contributed by atoms with Crippen molar-refractivity contribution in [3.05, 3.63) is 36.5 Å². The predicted molar refractivity (Wildman–Crippen MR) is 62.6 cm³/mol. The molecule has 2 nitrogen and oxygen atoms in total. The molecule has 1 aromatic heterocycles. The van der Waals surface area contributed by atoms with E-state index < -0.39 is 0 Å². The summed E-state index contributed by atoms with van der Waals surface area (Å²) in [7, 11) is 0. The molecule has 0 bridgehead atoms. The Bertz CT molecular complexity index is 439. The third kappa shape index (κ3) is 2.39. The minimum absolute atomic E-state index is 0.616. The Morgan fingerprint density at radius 1 is 1.20 bits per heavy atom. The van der Waals surface area contributed by atoms with Crippen LogP contribution in [0.3, 0.4) is 0 Å². The van der Waals surface area contributed by atoms with Gasteiger partial charge >= 0.3 is 0 Å². The highest BCUT2D eigenvalue weighted by atomic mass is 35.5. The van der Waals surface area contributed by atoms with Gasteiger partial charge in [-0.3, -0.25) is 0 Å². The molecule has 15 heavy (non-hydrogen) atoms. The molecule has 0 saturated carbocycles. The second-order valence-electron chi connectivity index (χ2n) is 3.23. The number of rotatable bonds is 4. The van der Waals surface area contributed by atoms with Crippen LogP contribution in [0.25, 0.3) is 10.8 Å². The van der Waals surface area contributed by atoms with Crippen molar-refractivity contribution in [3.8, 4) is 5.88 Å². The summed E-state index contributed by atoms with van der Waals surface area (Å²) in [6, 6.07) is 10.0. The second-order valence-corrected chi connectivity index (χ2v) is 3.61. The predicted octanol–water partition coefficient (Wildman–Crippen LogP) is 3.24. The van der Waals surface area contributed by atoms with Gasteiger partial charge in [-0.25, -0.2) is 4.98 Å². The van der Waals surface area contributed by atoms with Gasteiger partial charge in [0.15, 0.2) is 0 Å². The Labute approximate surface area is 93.8 Å². The average molecular weight is 222 g/mol. The SMILES string of the molecule is ClCCCOc1nccc2ccccc12. The maximum absolute atomic E-state index is 5.59. The summed E-state index contributed by atoms with van der Waals surface area (Å²) in [5.74, 6) is 1.31. The van der Waals surface area contributed by atoms with Gasteiger partial charge in [0.25, 0.3) is 0 Å². The number of nitrogens with zero attached hydrogens (tertiary/aromatic N) is 1. The molecule has 0 fully saturated rings. The number of halogens is 1. The summed E-state index contributed by atoms with van der Waals surface area (Å²) in [6.07, 6.45) is 2.60. The van der Waals surface area contributed by atoms with Crippen LogP contribution in [-0.2, 0) is 0 Å². The van der Waals surface area contributed by atoms with Crippen molar-refractivity contribution in [3.63, 3.8) is 0 Å². The largest absolute Gasteiger partial charge is 0.477 e. The zero-order valence-corrected chi connectivity index (χ0v) is 9.07. The number of fused-ring (bicyclic) bond motifs is 1. The third-order valence-electron chi connectivity index (χ3n) is 2.15. The van der Waals surface area contributed by atoms with E-state index in [0.717, 1.165) is 17.2 Å². The molecule has 1 aromatic carbocycles. The standard InChI is InChI=1S/C12H12ClNO/c13-7-3-9-15-12-11-5-2-1-4-10(11)6-8-14-12/h1-2,4-6,8H,3,7,9H2. The van der Waals surface area contributed by atoms with Crippen molar-refractivity contribution in [1.29, 1.82) is 0 Å². The second kappa shape index (κ2) is 4.99. The first-order valence-corrected chi connectivity index (χ1v) is 5.48. The van der Waals surface area contributed by atoms with Crippen LogP contribution >= 0.6 is 11.6 Å². The first-order chi connectivity index (χ1) is 7.42. The Morgan fingerprint density at radius 3 is 2.93 bits per heavy atom. The summed E-state index contributed by atoms with van der Waals surface area (Å²) < 4.78 is 5.56. The molecular formula is C12H12ClNO. The lowest BCUT2D eigenvalue weighted by atomic mass is 10.2. The van der Waals surface area contributed by atoms with Crippen molar-refractivity contribution in [2.45, 2.75) is 6.42 Å². The molecule has 78 valence electrons. The molecule has 1 heterocycles. The molecule has 0 aliphatic heterocycles. The third-order valence-corrected chi connectivity index (χ3v) is 2.42. The summed E-state index contributed by atoms with van der Waals surface area (Å²) in [6.45, 7) is 0.616. The van der Waals surface area contributed by atoms with E-state index in [2.05, 4.69) is 4.98 Å².